The molecule has 2 aliphatic heterocycles. The maximum atomic E-state index is 13.9. The first-order valence-electron chi connectivity index (χ1n) is 20.8. The van der Waals surface area contributed by atoms with E-state index in [2.05, 4.69) is 44.4 Å². The van der Waals surface area contributed by atoms with E-state index in [0.29, 0.717) is 49.4 Å². The number of imide groups is 1. The standard InChI is InChI=1S/C44H54N8O9S.CH2O/c1-44(2)23-32(49-31-9-5-7-29(21-31)41-51-42(60-24-37(54)55)39(61-41)43(57)58)16-19-52(44)62(59)25-26-6-4-8-30(20-26)48-18-15-27(14-17-45)28-10-11-33(35(22-28)47-3)38(46)34-12-13-36(53)50-40(34)56;1-2/h4-11,20-22,27,32,34,46-49H,12-19,23-25,45H2,1-3H3,(H,54,55)(H,57,58)(H,50,53,56);1H2. The topological polar surface area (TPSA) is 279 Å². The Morgan fingerprint density at radius 3 is 2.52 bits per heavy atom. The van der Waals surface area contributed by atoms with Gasteiger partial charge in [0.05, 0.1) is 28.4 Å². The summed E-state index contributed by atoms with van der Waals surface area (Å²) in [4.78, 5) is 58.8. The first kappa shape index (κ1) is 48.6. The van der Waals surface area contributed by atoms with Crippen LogP contribution < -0.4 is 31.7 Å². The van der Waals surface area contributed by atoms with Crippen LogP contribution in [0.25, 0.3) is 11.5 Å². The zero-order chi connectivity index (χ0) is 46.6. The molecule has 2 amide bonds. The molecule has 4 aromatic rings. The van der Waals surface area contributed by atoms with Crippen molar-refractivity contribution in [2.45, 2.75) is 75.6 Å². The number of aromatic nitrogens is 1. The number of oxazole rings is 1. The van der Waals surface area contributed by atoms with Crippen molar-refractivity contribution >= 4 is 64.3 Å². The summed E-state index contributed by atoms with van der Waals surface area (Å²) in [7, 11) is 0.486. The lowest BCUT2D eigenvalue weighted by Crippen LogP contribution is -2.53. The van der Waals surface area contributed by atoms with Gasteiger partial charge in [-0.3, -0.25) is 14.9 Å². The van der Waals surface area contributed by atoms with Gasteiger partial charge in [-0.2, -0.15) is 4.98 Å². The third-order valence-electron chi connectivity index (χ3n) is 11.2. The third-order valence-corrected chi connectivity index (χ3v) is 12.9. The van der Waals surface area contributed by atoms with Crippen molar-refractivity contribution < 1.29 is 47.5 Å². The summed E-state index contributed by atoms with van der Waals surface area (Å²) in [5.74, 6) is -4.67. The molecule has 342 valence electrons. The Labute approximate surface area is 373 Å². The second kappa shape index (κ2) is 22.3. The molecule has 2 saturated heterocycles. The predicted octanol–water partition coefficient (Wildman–Crippen LogP) is 5.23. The molecule has 0 aliphatic carbocycles. The molecule has 3 aromatic carbocycles. The van der Waals surface area contributed by atoms with Gasteiger partial charge in [0.1, 0.15) is 6.79 Å². The monoisotopic (exact) mass is 900 g/mol. The zero-order valence-electron chi connectivity index (χ0n) is 36.1. The maximum Gasteiger partial charge on any atom is 0.377 e. The second-order valence-electron chi connectivity index (χ2n) is 16.1. The number of ether oxygens (including phenoxy) is 1. The number of anilines is 3. The molecule has 64 heavy (non-hydrogen) atoms. The summed E-state index contributed by atoms with van der Waals surface area (Å²) in [6, 6.07) is 21.0. The largest absolute Gasteiger partial charge is 0.479 e. The van der Waals surface area contributed by atoms with Crippen molar-refractivity contribution in [3.05, 3.63) is 89.2 Å². The molecule has 9 N–H and O–H groups in total. The number of carbonyl (C=O) groups excluding carboxylic acids is 3. The van der Waals surface area contributed by atoms with E-state index in [4.69, 9.17) is 30.2 Å². The van der Waals surface area contributed by atoms with Crippen LogP contribution in [-0.4, -0.2) is 105 Å². The molecular weight excluding hydrogens is 845 g/mol. The highest BCUT2D eigenvalue weighted by Gasteiger charge is 2.38. The summed E-state index contributed by atoms with van der Waals surface area (Å²) in [6.45, 7) is 7.16. The van der Waals surface area contributed by atoms with Gasteiger partial charge in [-0.05, 0) is 106 Å². The number of rotatable bonds is 20. The summed E-state index contributed by atoms with van der Waals surface area (Å²) in [5, 5.41) is 39.8. The number of nitrogens with two attached hydrogens (primary N) is 1. The molecule has 0 radical (unpaired) electrons. The number of piperidine rings is 2. The summed E-state index contributed by atoms with van der Waals surface area (Å²) < 4.78 is 26.4. The smallest absolute Gasteiger partial charge is 0.377 e. The van der Waals surface area contributed by atoms with Gasteiger partial charge >= 0.3 is 11.9 Å². The Kier molecular flexibility index (Phi) is 16.9. The van der Waals surface area contributed by atoms with Crippen molar-refractivity contribution in [1.82, 2.24) is 14.6 Å². The van der Waals surface area contributed by atoms with Crippen LogP contribution in [0, 0.1) is 11.3 Å². The molecule has 4 unspecified atom stereocenters. The second-order valence-corrected chi connectivity index (χ2v) is 17.5. The van der Waals surface area contributed by atoms with Crippen LogP contribution in [0.2, 0.25) is 0 Å². The molecule has 0 bridgehead atoms. The molecule has 18 nitrogen and oxygen atoms in total. The van der Waals surface area contributed by atoms with Gasteiger partial charge in [0.25, 0.3) is 11.6 Å². The SMILES string of the molecule is C=O.CNc1cc(C(CCN)CCNc2cccc(CS(=O)N3CCC(Nc4cccc(-c5nc(OCC(=O)O)c(C(=O)O)o5)c4)CC3(C)C)c2)ccc1C(=N)C1CCC(=O)NC1=O. The van der Waals surface area contributed by atoms with Gasteiger partial charge in [-0.1, -0.05) is 30.3 Å². The van der Waals surface area contributed by atoms with Crippen LogP contribution in [0.3, 0.4) is 0 Å². The number of hydrogen-bond donors (Lipinski definition) is 8. The quantitative estimate of drug-likeness (QED) is 0.0416. The average molecular weight is 901 g/mol. The van der Waals surface area contributed by atoms with Crippen molar-refractivity contribution in [3.8, 4) is 17.3 Å². The van der Waals surface area contributed by atoms with Gasteiger partial charge in [0.2, 0.25) is 17.7 Å². The number of benzene rings is 3. The fraction of sp³-hybridized carbons (Fsp3) is 0.400. The fourth-order valence-electron chi connectivity index (χ4n) is 8.13. The van der Waals surface area contributed by atoms with Crippen molar-refractivity contribution in [2.24, 2.45) is 11.7 Å². The number of amides is 2. The van der Waals surface area contributed by atoms with Gasteiger partial charge in [0.15, 0.2) is 6.61 Å². The van der Waals surface area contributed by atoms with Crippen LogP contribution in [-0.2, 0) is 35.9 Å². The summed E-state index contributed by atoms with van der Waals surface area (Å²) in [6.07, 6.45) is 3.49. The lowest BCUT2D eigenvalue weighted by atomic mass is 9.86. The number of carboxylic acids is 2. The van der Waals surface area contributed by atoms with Crippen LogP contribution in [0.4, 0.5) is 17.1 Å². The number of carbonyl (C=O) groups is 5. The highest BCUT2D eigenvalue weighted by atomic mass is 32.2. The van der Waals surface area contributed by atoms with E-state index in [1.807, 2.05) is 55.3 Å². The molecule has 2 fully saturated rings. The zero-order valence-corrected chi connectivity index (χ0v) is 36.9. The van der Waals surface area contributed by atoms with Gasteiger partial charge in [-0.15, -0.1) is 0 Å². The molecule has 19 heteroatoms. The summed E-state index contributed by atoms with van der Waals surface area (Å²) >= 11 is 0. The van der Waals surface area contributed by atoms with E-state index in [1.165, 1.54) is 0 Å². The van der Waals surface area contributed by atoms with Crippen molar-refractivity contribution in [3.63, 3.8) is 0 Å². The molecule has 1 aromatic heterocycles. The number of aliphatic carboxylic acids is 1. The van der Waals surface area contributed by atoms with E-state index in [-0.39, 0.29) is 35.9 Å². The fourth-order valence-corrected chi connectivity index (χ4v) is 9.68. The van der Waals surface area contributed by atoms with E-state index in [1.54, 1.807) is 25.2 Å². The third kappa shape index (κ3) is 12.4. The minimum absolute atomic E-state index is 0.0222. The van der Waals surface area contributed by atoms with Crippen LogP contribution in [0.5, 0.6) is 5.88 Å². The molecule has 0 spiro atoms. The first-order chi connectivity index (χ1) is 30.6. The number of nitrogens with one attached hydrogen (secondary N) is 5. The Morgan fingerprint density at radius 2 is 1.83 bits per heavy atom. The number of carboxylic acid groups (broad SMARTS) is 2. The summed E-state index contributed by atoms with van der Waals surface area (Å²) in [5.41, 5.74) is 11.4. The Balaban J connectivity index is 0.00000380. The van der Waals surface area contributed by atoms with Gasteiger partial charge < -0.3 is 51.3 Å². The molecule has 4 atom stereocenters. The van der Waals surface area contributed by atoms with E-state index in [0.717, 1.165) is 47.5 Å². The van der Waals surface area contributed by atoms with Gasteiger partial charge in [0, 0.05) is 66.3 Å². The first-order valence-corrected chi connectivity index (χ1v) is 22.1. The number of aromatic carboxylic acids is 1. The van der Waals surface area contributed by atoms with Crippen molar-refractivity contribution in [1.29, 1.82) is 5.41 Å². The van der Waals surface area contributed by atoms with Gasteiger partial charge in [-0.25, -0.2) is 18.1 Å². The van der Waals surface area contributed by atoms with E-state index < -0.39 is 58.5 Å². The highest BCUT2D eigenvalue weighted by Crippen LogP contribution is 2.34. The average Bonchev–Trinajstić information content (AvgIpc) is 3.71. The lowest BCUT2D eigenvalue weighted by molar-refractivity contribution is -0.139. The minimum Gasteiger partial charge on any atom is -0.479 e. The molecule has 0 saturated carbocycles. The van der Waals surface area contributed by atoms with Crippen molar-refractivity contribution in [2.75, 3.05) is 49.2 Å². The number of hydrogen-bond acceptors (Lipinski definition) is 14. The minimum atomic E-state index is -1.43. The highest BCUT2D eigenvalue weighted by molar-refractivity contribution is 7.81. The van der Waals surface area contributed by atoms with Crippen LogP contribution in [0.15, 0.2) is 71.1 Å². The van der Waals surface area contributed by atoms with E-state index in [9.17, 15) is 28.5 Å². The predicted molar refractivity (Wildman–Crippen MR) is 243 cm³/mol. The number of nitrogens with zero attached hydrogens (tertiary/aromatic N) is 2. The van der Waals surface area contributed by atoms with Crippen LogP contribution >= 0.6 is 0 Å². The Morgan fingerprint density at radius 1 is 1.08 bits per heavy atom. The molecule has 2 aliphatic rings. The normalized spacial score (nSPS) is 18.1. The van der Waals surface area contributed by atoms with E-state index >= 15 is 0 Å². The van der Waals surface area contributed by atoms with Crippen LogP contribution in [0.1, 0.15) is 85.5 Å². The Bertz CT molecular complexity index is 2350. The maximum absolute atomic E-state index is 13.9. The lowest BCUT2D eigenvalue weighted by Gasteiger charge is -2.44. The molecule has 6 rings (SSSR count). The molecule has 3 heterocycles. The Hall–Kier alpha value is -6.44. The molecular formula is C45H56N8O10S.